The Hall–Kier alpha value is -3.61. The number of amides is 1. The summed E-state index contributed by atoms with van der Waals surface area (Å²) in [6.45, 7) is 7.92. The molecule has 1 amide bonds. The summed E-state index contributed by atoms with van der Waals surface area (Å²) in [7, 11) is 1.66. The third-order valence-electron chi connectivity index (χ3n) is 7.23. The normalized spacial score (nSPS) is 12.4. The number of fused-ring (bicyclic) bond motifs is 2. The molecule has 0 saturated carbocycles. The van der Waals surface area contributed by atoms with Crippen molar-refractivity contribution in [1.82, 2.24) is 16.0 Å². The van der Waals surface area contributed by atoms with E-state index in [1.54, 1.807) is 7.11 Å². The molecule has 224 valence electrons. The van der Waals surface area contributed by atoms with E-state index in [9.17, 15) is 4.79 Å². The fourth-order valence-electron chi connectivity index (χ4n) is 5.07. The summed E-state index contributed by atoms with van der Waals surface area (Å²) in [5, 5.41) is 14.1. The fourth-order valence-corrected chi connectivity index (χ4v) is 5.07. The number of carbonyl (C=O) groups excluding carboxylic acids is 1. The molecule has 6 heteroatoms. The summed E-state index contributed by atoms with van der Waals surface area (Å²) >= 11 is 0. The van der Waals surface area contributed by atoms with E-state index in [-0.39, 0.29) is 12.5 Å². The number of rotatable bonds is 18. The van der Waals surface area contributed by atoms with Crippen LogP contribution >= 0.6 is 0 Å². The number of aryl methyl sites for hydroxylation is 1. The zero-order valence-corrected chi connectivity index (χ0v) is 25.3. The molecule has 0 aliphatic rings. The number of carbonyl (C=O) groups is 1. The smallest absolute Gasteiger partial charge is 0.220 e. The molecule has 0 unspecified atom stereocenters. The van der Waals surface area contributed by atoms with Crippen molar-refractivity contribution in [3.63, 3.8) is 0 Å². The van der Waals surface area contributed by atoms with Crippen molar-refractivity contribution in [3.05, 3.63) is 83.9 Å². The number of nitrogens with one attached hydrogen (secondary N) is 3. The van der Waals surface area contributed by atoms with Crippen LogP contribution in [0.5, 0.6) is 11.5 Å². The first-order valence-electron chi connectivity index (χ1n) is 16.1. The van der Waals surface area contributed by atoms with Gasteiger partial charge in [-0.25, -0.2) is 0 Å². The molecule has 0 aliphatic heterocycles. The maximum Gasteiger partial charge on any atom is 0.220 e. The van der Waals surface area contributed by atoms with Gasteiger partial charge in [-0.15, -0.1) is 0 Å². The second-order valence-corrected chi connectivity index (χ2v) is 11.1. The van der Waals surface area contributed by atoms with E-state index in [2.05, 4.69) is 60.1 Å². The Morgan fingerprint density at radius 1 is 0.881 bits per heavy atom. The van der Waals surface area contributed by atoms with Crippen LogP contribution in [0.15, 0.2) is 72.8 Å². The lowest BCUT2D eigenvalue weighted by atomic mass is 9.94. The molecule has 4 rings (SSSR count). The van der Waals surface area contributed by atoms with Crippen LogP contribution in [0.1, 0.15) is 53.4 Å². The molecule has 0 spiro atoms. The first-order valence-corrected chi connectivity index (χ1v) is 15.1. The lowest BCUT2D eigenvalue weighted by Crippen LogP contribution is -2.27. The molecule has 0 fully saturated rings. The van der Waals surface area contributed by atoms with Gasteiger partial charge >= 0.3 is 0 Å². The van der Waals surface area contributed by atoms with Gasteiger partial charge in [0.1, 0.15) is 11.5 Å². The summed E-state index contributed by atoms with van der Waals surface area (Å²) < 4.78 is 28.8. The van der Waals surface area contributed by atoms with Crippen molar-refractivity contribution in [1.29, 1.82) is 0 Å². The minimum absolute atomic E-state index is 0.00378. The van der Waals surface area contributed by atoms with E-state index >= 15 is 0 Å². The van der Waals surface area contributed by atoms with E-state index in [4.69, 9.17) is 12.2 Å². The van der Waals surface area contributed by atoms with Gasteiger partial charge in [0.05, 0.1) is 13.7 Å². The van der Waals surface area contributed by atoms with Crippen LogP contribution in [0.3, 0.4) is 0 Å². The van der Waals surface area contributed by atoms with Gasteiger partial charge in [0, 0.05) is 33.9 Å². The zero-order valence-electron chi connectivity index (χ0n) is 27.3. The van der Waals surface area contributed by atoms with Crippen molar-refractivity contribution >= 4 is 27.5 Å². The van der Waals surface area contributed by atoms with Crippen molar-refractivity contribution in [3.8, 4) is 11.5 Å². The molecule has 0 radical (unpaired) electrons. The van der Waals surface area contributed by atoms with Crippen LogP contribution in [0.2, 0.25) is 0 Å². The van der Waals surface area contributed by atoms with E-state index in [1.807, 2.05) is 42.5 Å². The maximum atomic E-state index is 12.3. The number of ether oxygens (including phenoxy) is 2. The van der Waals surface area contributed by atoms with Crippen molar-refractivity contribution < 1.29 is 17.0 Å². The molecular weight excluding hydrogens is 522 g/mol. The second kappa shape index (κ2) is 16.7. The van der Waals surface area contributed by atoms with Gasteiger partial charge in [-0.05, 0) is 90.4 Å². The van der Waals surface area contributed by atoms with Crippen molar-refractivity contribution in [2.24, 2.45) is 5.92 Å². The lowest BCUT2D eigenvalue weighted by Gasteiger charge is -2.13. The predicted molar refractivity (Wildman–Crippen MR) is 175 cm³/mol. The second-order valence-electron chi connectivity index (χ2n) is 11.1. The fraction of sp³-hybridized carbons (Fsp3) is 0.417. The van der Waals surface area contributed by atoms with Crippen molar-refractivity contribution in [2.75, 3.05) is 39.9 Å². The van der Waals surface area contributed by atoms with Crippen LogP contribution < -0.4 is 25.4 Å². The molecule has 0 atom stereocenters. The van der Waals surface area contributed by atoms with Gasteiger partial charge in [-0.2, -0.15) is 0 Å². The third kappa shape index (κ3) is 9.47. The quantitative estimate of drug-likeness (QED) is 0.0923. The van der Waals surface area contributed by atoms with Gasteiger partial charge in [-0.1, -0.05) is 68.4 Å². The number of benzene rings is 4. The van der Waals surface area contributed by atoms with Crippen LogP contribution in [0.25, 0.3) is 21.5 Å². The predicted octanol–water partition coefficient (Wildman–Crippen LogP) is 6.63. The summed E-state index contributed by atoms with van der Waals surface area (Å²) in [5.41, 5.74) is 2.14. The molecule has 42 heavy (non-hydrogen) atoms. The Kier molecular flexibility index (Phi) is 11.4. The molecule has 0 heterocycles. The Balaban J connectivity index is 1.12. The van der Waals surface area contributed by atoms with Gasteiger partial charge in [0.25, 0.3) is 0 Å². The van der Waals surface area contributed by atoms with Crippen LogP contribution in [-0.4, -0.2) is 45.8 Å². The van der Waals surface area contributed by atoms with E-state index in [1.165, 1.54) is 0 Å². The van der Waals surface area contributed by atoms with Crippen molar-refractivity contribution in [2.45, 2.75) is 52.4 Å². The highest BCUT2D eigenvalue weighted by atomic mass is 16.5. The summed E-state index contributed by atoms with van der Waals surface area (Å²) in [4.78, 5) is 12.3. The Morgan fingerprint density at radius 3 is 2.33 bits per heavy atom. The molecule has 0 saturated heterocycles. The van der Waals surface area contributed by atoms with Crippen LogP contribution in [-0.2, 0) is 17.8 Å². The number of hydrogen-bond acceptors (Lipinski definition) is 5. The number of hydrogen-bond donors (Lipinski definition) is 3. The maximum absolute atomic E-state index is 12.3. The standard InChI is InChI=1S/C36H47N3O3/c1-27(2)25-38-26-30-17-18-31(24-35(30)41-3)42-22-9-16-36(40)39-21-10-20-37-19-8-15-34-32-13-6-4-11-28(32)23-29-12-5-7-14-33(29)34/h4-7,11-14,17-18,23-24,27,37-38H,8-10,15-16,19-22,25-26H2,1-3H3,(H,39,40)/i8D2. The average molecular weight is 572 g/mol. The highest BCUT2D eigenvalue weighted by molar-refractivity contribution is 6.02. The lowest BCUT2D eigenvalue weighted by molar-refractivity contribution is -0.121. The van der Waals surface area contributed by atoms with E-state index < -0.39 is 6.37 Å². The highest BCUT2D eigenvalue weighted by Gasteiger charge is 2.08. The van der Waals surface area contributed by atoms with Gasteiger partial charge in [-0.3, -0.25) is 4.79 Å². The SMILES string of the molecule is [2H]C([2H])(CNCCCNC(=O)CCCOc1ccc(CNCC(C)C)c(OC)c1)Cc1c2ccccc2cc2ccccc12. The summed E-state index contributed by atoms with van der Waals surface area (Å²) in [6.07, 6.45) is 0.655. The first-order chi connectivity index (χ1) is 21.3. The van der Waals surface area contributed by atoms with Gasteiger partial charge in [0.2, 0.25) is 5.91 Å². The van der Waals surface area contributed by atoms with Gasteiger partial charge in [0.15, 0.2) is 0 Å². The average Bonchev–Trinajstić information content (AvgIpc) is 3.01. The Labute approximate surface area is 254 Å². The molecular formula is C36H47N3O3. The highest BCUT2D eigenvalue weighted by Crippen LogP contribution is 2.29. The molecule has 0 aromatic heterocycles. The third-order valence-corrected chi connectivity index (χ3v) is 7.23. The largest absolute Gasteiger partial charge is 0.496 e. The van der Waals surface area contributed by atoms with Gasteiger partial charge < -0.3 is 25.4 Å². The molecule has 0 bridgehead atoms. The monoisotopic (exact) mass is 571 g/mol. The zero-order chi connectivity index (χ0) is 31.4. The topological polar surface area (TPSA) is 71.6 Å². The minimum Gasteiger partial charge on any atom is -0.496 e. The van der Waals surface area contributed by atoms with Crippen LogP contribution in [0, 0.1) is 5.92 Å². The van der Waals surface area contributed by atoms with E-state index in [0.717, 1.165) is 63.7 Å². The molecule has 0 aliphatic carbocycles. The summed E-state index contributed by atoms with van der Waals surface area (Å²) in [5.74, 6) is 2.11. The first kappa shape index (κ1) is 28.5. The number of methoxy groups -OCH3 is 1. The minimum atomic E-state index is -1.41. The Morgan fingerprint density at radius 2 is 1.62 bits per heavy atom. The molecule has 6 nitrogen and oxygen atoms in total. The summed E-state index contributed by atoms with van der Waals surface area (Å²) in [6, 6.07) is 24.4. The Bertz CT molecular complexity index is 1460. The molecule has 4 aromatic carbocycles. The molecule has 3 N–H and O–H groups in total. The molecule has 4 aromatic rings. The van der Waals surface area contributed by atoms with E-state index in [0.29, 0.717) is 44.9 Å². The van der Waals surface area contributed by atoms with Crippen LogP contribution in [0.4, 0.5) is 0 Å².